The predicted molar refractivity (Wildman–Crippen MR) is 65.8 cm³/mol. The molecule has 0 bridgehead atoms. The Balaban J connectivity index is 2.60. The zero-order chi connectivity index (χ0) is 11.3. The first-order chi connectivity index (χ1) is 7.03. The van der Waals surface area contributed by atoms with Gasteiger partial charge in [-0.3, -0.25) is 0 Å². The van der Waals surface area contributed by atoms with Crippen molar-refractivity contribution in [1.82, 2.24) is 0 Å². The van der Waals surface area contributed by atoms with Crippen molar-refractivity contribution in [2.45, 2.75) is 26.4 Å². The molecule has 0 aliphatic rings. The SMILES string of the molecule is CCCO[Si](C)(C)Oc1cccc(Cl)c1. The smallest absolute Gasteiger partial charge is 0.392 e. The highest BCUT2D eigenvalue weighted by molar-refractivity contribution is 6.65. The Labute approximate surface area is 97.4 Å². The maximum Gasteiger partial charge on any atom is 0.392 e. The Hall–Kier alpha value is -0.513. The summed E-state index contributed by atoms with van der Waals surface area (Å²) < 4.78 is 11.5. The zero-order valence-electron chi connectivity index (χ0n) is 9.42. The van der Waals surface area contributed by atoms with E-state index in [4.69, 9.17) is 20.5 Å². The molecule has 1 aromatic rings. The van der Waals surface area contributed by atoms with Gasteiger partial charge in [-0.1, -0.05) is 24.6 Å². The average Bonchev–Trinajstić information content (AvgIpc) is 2.14. The van der Waals surface area contributed by atoms with Crippen LogP contribution < -0.4 is 4.43 Å². The quantitative estimate of drug-likeness (QED) is 0.733. The van der Waals surface area contributed by atoms with E-state index in [-0.39, 0.29) is 0 Å². The molecule has 0 aliphatic heterocycles. The topological polar surface area (TPSA) is 18.5 Å². The highest BCUT2D eigenvalue weighted by Crippen LogP contribution is 2.21. The maximum absolute atomic E-state index is 5.87. The largest absolute Gasteiger partial charge is 0.520 e. The third kappa shape index (κ3) is 4.69. The first-order valence-corrected chi connectivity index (χ1v) is 8.31. The van der Waals surface area contributed by atoms with Crippen LogP contribution in [0, 0.1) is 0 Å². The van der Waals surface area contributed by atoms with Crippen LogP contribution in [0.2, 0.25) is 18.1 Å². The molecular formula is C11H17ClO2Si. The summed E-state index contributed by atoms with van der Waals surface area (Å²) in [4.78, 5) is 0. The van der Waals surface area contributed by atoms with E-state index in [1.807, 2.05) is 37.4 Å². The summed E-state index contributed by atoms with van der Waals surface area (Å²) in [5, 5.41) is 0.688. The molecule has 0 N–H and O–H groups in total. The lowest BCUT2D eigenvalue weighted by atomic mass is 10.3. The molecule has 0 saturated carbocycles. The highest BCUT2D eigenvalue weighted by atomic mass is 35.5. The van der Waals surface area contributed by atoms with Crippen LogP contribution >= 0.6 is 11.6 Å². The molecular weight excluding hydrogens is 228 g/mol. The summed E-state index contributed by atoms with van der Waals surface area (Å²) in [5.74, 6) is 0.787. The van der Waals surface area contributed by atoms with Crippen LogP contribution in [-0.4, -0.2) is 15.2 Å². The van der Waals surface area contributed by atoms with Crippen molar-refractivity contribution >= 4 is 20.2 Å². The Morgan fingerprint density at radius 1 is 1.33 bits per heavy atom. The molecule has 0 amide bonds. The van der Waals surface area contributed by atoms with Gasteiger partial charge in [-0.2, -0.15) is 0 Å². The van der Waals surface area contributed by atoms with Crippen molar-refractivity contribution < 1.29 is 8.85 Å². The first kappa shape index (κ1) is 12.6. The van der Waals surface area contributed by atoms with Crippen LogP contribution in [0.25, 0.3) is 0 Å². The molecule has 0 radical (unpaired) electrons. The minimum absolute atomic E-state index is 0.688. The van der Waals surface area contributed by atoms with Crippen molar-refractivity contribution in [3.63, 3.8) is 0 Å². The van der Waals surface area contributed by atoms with Crippen LogP contribution in [-0.2, 0) is 4.43 Å². The second-order valence-electron chi connectivity index (χ2n) is 3.81. The van der Waals surface area contributed by atoms with Gasteiger partial charge in [-0.15, -0.1) is 0 Å². The van der Waals surface area contributed by atoms with E-state index in [1.165, 1.54) is 0 Å². The average molecular weight is 245 g/mol. The normalized spacial score (nSPS) is 11.5. The van der Waals surface area contributed by atoms with Gasteiger partial charge in [0.05, 0.1) is 0 Å². The third-order valence-corrected chi connectivity index (χ3v) is 3.68. The van der Waals surface area contributed by atoms with E-state index in [1.54, 1.807) is 0 Å². The van der Waals surface area contributed by atoms with Gasteiger partial charge in [0.2, 0.25) is 0 Å². The second-order valence-corrected chi connectivity index (χ2v) is 7.54. The first-order valence-electron chi connectivity index (χ1n) is 5.12. The Kier molecular flexibility index (Phi) is 4.64. The summed E-state index contributed by atoms with van der Waals surface area (Å²) in [6.07, 6.45) is 1.01. The van der Waals surface area contributed by atoms with Crippen molar-refractivity contribution in [2.75, 3.05) is 6.61 Å². The second kappa shape index (κ2) is 5.54. The number of rotatable bonds is 5. The molecule has 0 spiro atoms. The summed E-state index contributed by atoms with van der Waals surface area (Å²) in [5.41, 5.74) is 0. The number of hydrogen-bond acceptors (Lipinski definition) is 2. The lowest BCUT2D eigenvalue weighted by Crippen LogP contribution is -2.38. The van der Waals surface area contributed by atoms with E-state index in [2.05, 4.69) is 6.92 Å². The minimum Gasteiger partial charge on any atom is -0.520 e. The lowest BCUT2D eigenvalue weighted by Gasteiger charge is -2.23. The number of benzene rings is 1. The zero-order valence-corrected chi connectivity index (χ0v) is 11.2. The van der Waals surface area contributed by atoms with Gasteiger partial charge in [0.15, 0.2) is 0 Å². The fourth-order valence-corrected chi connectivity index (χ4v) is 2.82. The van der Waals surface area contributed by atoms with Gasteiger partial charge in [0, 0.05) is 11.6 Å². The molecule has 0 atom stereocenters. The number of halogens is 1. The van der Waals surface area contributed by atoms with Gasteiger partial charge >= 0.3 is 8.56 Å². The summed E-state index contributed by atoms with van der Waals surface area (Å²) in [7, 11) is -2.05. The van der Waals surface area contributed by atoms with Crippen LogP contribution in [0.1, 0.15) is 13.3 Å². The molecule has 1 rings (SSSR count). The van der Waals surface area contributed by atoms with Crippen LogP contribution in [0.3, 0.4) is 0 Å². The van der Waals surface area contributed by atoms with Crippen LogP contribution in [0.15, 0.2) is 24.3 Å². The molecule has 4 heteroatoms. The maximum atomic E-state index is 5.87. The molecule has 0 heterocycles. The summed E-state index contributed by atoms with van der Waals surface area (Å²) in [6.45, 7) is 6.90. The third-order valence-electron chi connectivity index (χ3n) is 1.81. The van der Waals surface area contributed by atoms with E-state index in [0.29, 0.717) is 5.02 Å². The number of hydrogen-bond donors (Lipinski definition) is 0. The van der Waals surface area contributed by atoms with Crippen molar-refractivity contribution in [3.05, 3.63) is 29.3 Å². The van der Waals surface area contributed by atoms with E-state index in [9.17, 15) is 0 Å². The Morgan fingerprint density at radius 3 is 2.67 bits per heavy atom. The van der Waals surface area contributed by atoms with Gasteiger partial charge in [-0.05, 0) is 37.7 Å². The standard InChI is InChI=1S/C11H17ClO2Si/c1-4-8-13-15(2,3)14-11-7-5-6-10(12)9-11/h5-7,9H,4,8H2,1-3H3. The molecule has 1 aromatic carbocycles. The van der Waals surface area contributed by atoms with E-state index < -0.39 is 8.56 Å². The molecule has 0 fully saturated rings. The Bertz CT molecular complexity index is 315. The molecule has 0 unspecified atom stereocenters. The molecule has 0 saturated heterocycles. The molecule has 0 aromatic heterocycles. The van der Waals surface area contributed by atoms with Crippen molar-refractivity contribution in [2.24, 2.45) is 0 Å². The summed E-state index contributed by atoms with van der Waals surface area (Å²) in [6, 6.07) is 7.42. The van der Waals surface area contributed by atoms with E-state index in [0.717, 1.165) is 18.8 Å². The minimum atomic E-state index is -2.05. The van der Waals surface area contributed by atoms with Gasteiger partial charge in [0.1, 0.15) is 5.75 Å². The van der Waals surface area contributed by atoms with Crippen LogP contribution in [0.4, 0.5) is 0 Å². The van der Waals surface area contributed by atoms with Crippen LogP contribution in [0.5, 0.6) is 5.75 Å². The van der Waals surface area contributed by atoms with Gasteiger partial charge < -0.3 is 8.85 Å². The Morgan fingerprint density at radius 2 is 2.07 bits per heavy atom. The highest BCUT2D eigenvalue weighted by Gasteiger charge is 2.26. The van der Waals surface area contributed by atoms with Crippen molar-refractivity contribution in [3.8, 4) is 5.75 Å². The molecule has 2 nitrogen and oxygen atoms in total. The molecule has 15 heavy (non-hydrogen) atoms. The van der Waals surface area contributed by atoms with Gasteiger partial charge in [0.25, 0.3) is 0 Å². The molecule has 84 valence electrons. The monoisotopic (exact) mass is 244 g/mol. The molecule has 0 aliphatic carbocycles. The fourth-order valence-electron chi connectivity index (χ4n) is 1.19. The van der Waals surface area contributed by atoms with Gasteiger partial charge in [-0.25, -0.2) is 0 Å². The predicted octanol–water partition coefficient (Wildman–Crippen LogP) is 3.85. The summed E-state index contributed by atoms with van der Waals surface area (Å²) >= 11 is 5.87. The lowest BCUT2D eigenvalue weighted by molar-refractivity contribution is 0.248. The van der Waals surface area contributed by atoms with Crippen molar-refractivity contribution in [1.29, 1.82) is 0 Å². The van der Waals surface area contributed by atoms with E-state index >= 15 is 0 Å². The fraction of sp³-hybridized carbons (Fsp3) is 0.455.